The lowest BCUT2D eigenvalue weighted by Crippen LogP contribution is -2.11. The van der Waals surface area contributed by atoms with E-state index in [9.17, 15) is 13.2 Å². The molecule has 0 aliphatic rings. The molecular weight excluding hydrogens is 295 g/mol. The molecular formula is C13H11ClF3NS. The second kappa shape index (κ2) is 5.15. The Morgan fingerprint density at radius 1 is 1.21 bits per heavy atom. The molecule has 102 valence electrons. The molecule has 0 aliphatic carbocycles. The van der Waals surface area contributed by atoms with Gasteiger partial charge in [-0.15, -0.1) is 11.3 Å². The van der Waals surface area contributed by atoms with Gasteiger partial charge in [-0.1, -0.05) is 23.7 Å². The Kier molecular flexibility index (Phi) is 3.90. The Morgan fingerprint density at radius 3 is 2.21 bits per heavy atom. The van der Waals surface area contributed by atoms with Gasteiger partial charge in [0.2, 0.25) is 0 Å². The predicted octanol–water partition coefficient (Wildman–Crippen LogP) is 4.78. The SMILES string of the molecule is Cc1cc(C(N)c2ccc(C(F)(F)F)cc2)sc1Cl. The molecule has 0 aliphatic heterocycles. The van der Waals surface area contributed by atoms with Crippen LogP contribution >= 0.6 is 22.9 Å². The Hall–Kier alpha value is -1.04. The van der Waals surface area contributed by atoms with Crippen molar-refractivity contribution in [1.29, 1.82) is 0 Å². The van der Waals surface area contributed by atoms with Gasteiger partial charge in [0, 0.05) is 4.88 Å². The van der Waals surface area contributed by atoms with Gasteiger partial charge in [-0.2, -0.15) is 13.2 Å². The standard InChI is InChI=1S/C13H11ClF3NS/c1-7-6-10(19-12(7)14)11(18)8-2-4-9(5-3-8)13(15,16)17/h2-6,11H,18H2,1H3. The summed E-state index contributed by atoms with van der Waals surface area (Å²) in [4.78, 5) is 0.835. The van der Waals surface area contributed by atoms with E-state index >= 15 is 0 Å². The van der Waals surface area contributed by atoms with Crippen molar-refractivity contribution in [3.8, 4) is 0 Å². The molecule has 1 atom stereocenters. The molecule has 0 saturated carbocycles. The Bertz CT molecular complexity index is 555. The molecule has 0 spiro atoms. The highest BCUT2D eigenvalue weighted by Gasteiger charge is 2.30. The van der Waals surface area contributed by atoms with Crippen LogP contribution in [0.3, 0.4) is 0 Å². The van der Waals surface area contributed by atoms with Crippen LogP contribution in [0, 0.1) is 6.92 Å². The highest BCUT2D eigenvalue weighted by molar-refractivity contribution is 7.16. The number of hydrogen-bond donors (Lipinski definition) is 1. The summed E-state index contributed by atoms with van der Waals surface area (Å²) in [6.45, 7) is 1.86. The molecule has 0 amide bonds. The molecule has 1 unspecified atom stereocenters. The molecule has 2 aromatic rings. The summed E-state index contributed by atoms with van der Waals surface area (Å²) in [5, 5.41) is 0. The number of nitrogens with two attached hydrogens (primary N) is 1. The lowest BCUT2D eigenvalue weighted by Gasteiger charge is -2.12. The van der Waals surface area contributed by atoms with Crippen LogP contribution in [0.25, 0.3) is 0 Å². The van der Waals surface area contributed by atoms with Crippen LogP contribution in [0.15, 0.2) is 30.3 Å². The van der Waals surface area contributed by atoms with E-state index in [4.69, 9.17) is 17.3 Å². The fourth-order valence-corrected chi connectivity index (χ4v) is 2.93. The van der Waals surface area contributed by atoms with Crippen molar-refractivity contribution in [3.05, 3.63) is 56.2 Å². The van der Waals surface area contributed by atoms with Crippen molar-refractivity contribution in [1.82, 2.24) is 0 Å². The summed E-state index contributed by atoms with van der Waals surface area (Å²) < 4.78 is 38.0. The van der Waals surface area contributed by atoms with Gasteiger partial charge < -0.3 is 5.73 Å². The van der Waals surface area contributed by atoms with E-state index in [-0.39, 0.29) is 0 Å². The molecule has 1 nitrogen and oxygen atoms in total. The minimum absolute atomic E-state index is 0.460. The Balaban J connectivity index is 2.27. The zero-order valence-corrected chi connectivity index (χ0v) is 11.5. The number of rotatable bonds is 2. The fraction of sp³-hybridized carbons (Fsp3) is 0.231. The summed E-state index contributed by atoms with van der Waals surface area (Å²) in [5.74, 6) is 0. The van der Waals surface area contributed by atoms with Crippen LogP contribution in [-0.2, 0) is 6.18 Å². The molecule has 1 heterocycles. The summed E-state index contributed by atoms with van der Waals surface area (Å²) in [7, 11) is 0. The van der Waals surface area contributed by atoms with Crippen molar-refractivity contribution in [2.45, 2.75) is 19.1 Å². The van der Waals surface area contributed by atoms with E-state index in [0.717, 1.165) is 22.6 Å². The highest BCUT2D eigenvalue weighted by Crippen LogP contribution is 2.34. The molecule has 0 fully saturated rings. The first-order chi connectivity index (χ1) is 8.79. The van der Waals surface area contributed by atoms with Crippen LogP contribution in [0.5, 0.6) is 0 Å². The van der Waals surface area contributed by atoms with Crippen LogP contribution < -0.4 is 5.73 Å². The van der Waals surface area contributed by atoms with Gasteiger partial charge in [-0.3, -0.25) is 0 Å². The molecule has 2 N–H and O–H groups in total. The number of aryl methyl sites for hydroxylation is 1. The zero-order valence-electron chi connectivity index (χ0n) is 9.96. The van der Waals surface area contributed by atoms with Gasteiger partial charge in [-0.25, -0.2) is 0 Å². The maximum atomic E-state index is 12.5. The van der Waals surface area contributed by atoms with Crippen LogP contribution in [-0.4, -0.2) is 0 Å². The maximum Gasteiger partial charge on any atom is 0.416 e. The van der Waals surface area contributed by atoms with Crippen LogP contribution in [0.1, 0.15) is 27.6 Å². The molecule has 1 aromatic carbocycles. The summed E-state index contributed by atoms with van der Waals surface area (Å²) in [6.07, 6.45) is -4.33. The van der Waals surface area contributed by atoms with Gasteiger partial charge in [0.25, 0.3) is 0 Å². The van der Waals surface area contributed by atoms with E-state index < -0.39 is 17.8 Å². The van der Waals surface area contributed by atoms with Crippen molar-refractivity contribution >= 4 is 22.9 Å². The van der Waals surface area contributed by atoms with E-state index in [2.05, 4.69) is 0 Å². The first kappa shape index (κ1) is 14.4. The quantitative estimate of drug-likeness (QED) is 0.849. The molecule has 6 heteroatoms. The fourth-order valence-electron chi connectivity index (χ4n) is 1.68. The predicted molar refractivity (Wildman–Crippen MR) is 71.5 cm³/mol. The smallest absolute Gasteiger partial charge is 0.320 e. The molecule has 19 heavy (non-hydrogen) atoms. The first-order valence-electron chi connectivity index (χ1n) is 5.47. The number of benzene rings is 1. The first-order valence-corrected chi connectivity index (χ1v) is 6.67. The van der Waals surface area contributed by atoms with Crippen molar-refractivity contribution in [2.75, 3.05) is 0 Å². The third-order valence-corrected chi connectivity index (χ3v) is 4.42. The summed E-state index contributed by atoms with van der Waals surface area (Å²) in [5.41, 5.74) is 6.90. The number of alkyl halides is 3. The second-order valence-corrected chi connectivity index (χ2v) is 5.89. The molecule has 1 aromatic heterocycles. The monoisotopic (exact) mass is 305 g/mol. The summed E-state index contributed by atoms with van der Waals surface area (Å²) >= 11 is 7.31. The molecule has 2 rings (SSSR count). The third-order valence-electron chi connectivity index (χ3n) is 2.78. The third kappa shape index (κ3) is 3.11. The number of thiophene rings is 1. The lowest BCUT2D eigenvalue weighted by molar-refractivity contribution is -0.137. The van der Waals surface area contributed by atoms with Crippen molar-refractivity contribution < 1.29 is 13.2 Å². The zero-order chi connectivity index (χ0) is 14.2. The van der Waals surface area contributed by atoms with Crippen molar-refractivity contribution in [2.24, 2.45) is 5.73 Å². The lowest BCUT2D eigenvalue weighted by atomic mass is 10.0. The number of halogens is 4. The Labute approximate surface area is 117 Å². The molecule has 0 saturated heterocycles. The largest absolute Gasteiger partial charge is 0.416 e. The summed E-state index contributed by atoms with van der Waals surface area (Å²) in [6, 6.07) is 6.27. The van der Waals surface area contributed by atoms with E-state index in [1.807, 2.05) is 13.0 Å². The highest BCUT2D eigenvalue weighted by atomic mass is 35.5. The van der Waals surface area contributed by atoms with Gasteiger partial charge >= 0.3 is 6.18 Å². The van der Waals surface area contributed by atoms with Gasteiger partial charge in [0.1, 0.15) is 0 Å². The minimum Gasteiger partial charge on any atom is -0.320 e. The normalized spacial score (nSPS) is 13.6. The van der Waals surface area contributed by atoms with Gasteiger partial charge in [0.05, 0.1) is 15.9 Å². The van der Waals surface area contributed by atoms with Crippen LogP contribution in [0.2, 0.25) is 4.34 Å². The molecule has 0 bridgehead atoms. The van der Waals surface area contributed by atoms with E-state index in [0.29, 0.717) is 9.90 Å². The van der Waals surface area contributed by atoms with E-state index in [1.54, 1.807) is 0 Å². The minimum atomic E-state index is -4.33. The topological polar surface area (TPSA) is 26.0 Å². The second-order valence-electron chi connectivity index (χ2n) is 4.20. The number of hydrogen-bond acceptors (Lipinski definition) is 2. The molecule has 0 radical (unpaired) electrons. The van der Waals surface area contributed by atoms with Gasteiger partial charge in [-0.05, 0) is 36.2 Å². The van der Waals surface area contributed by atoms with Crippen LogP contribution in [0.4, 0.5) is 13.2 Å². The average Bonchev–Trinajstić information content (AvgIpc) is 2.68. The van der Waals surface area contributed by atoms with E-state index in [1.165, 1.54) is 23.5 Å². The average molecular weight is 306 g/mol. The van der Waals surface area contributed by atoms with Crippen molar-refractivity contribution in [3.63, 3.8) is 0 Å². The van der Waals surface area contributed by atoms with Gasteiger partial charge in [0.15, 0.2) is 0 Å². The Morgan fingerprint density at radius 2 is 1.79 bits per heavy atom. The maximum absolute atomic E-state index is 12.5.